The van der Waals surface area contributed by atoms with Crippen LogP contribution in [0.25, 0.3) is 0 Å². The minimum Gasteiger partial charge on any atom is -0.469 e. The van der Waals surface area contributed by atoms with Crippen molar-refractivity contribution in [3.63, 3.8) is 0 Å². The van der Waals surface area contributed by atoms with Crippen molar-refractivity contribution in [3.05, 3.63) is 0 Å². The number of esters is 1. The van der Waals surface area contributed by atoms with E-state index in [0.29, 0.717) is 6.42 Å². The molecule has 1 fully saturated rings. The molecule has 1 aliphatic heterocycles. The molecule has 1 rings (SSSR count). The molecule has 0 spiro atoms. The van der Waals surface area contributed by atoms with Crippen LogP contribution >= 0.6 is 0 Å². The molecule has 0 radical (unpaired) electrons. The van der Waals surface area contributed by atoms with Gasteiger partial charge in [-0.2, -0.15) is 0 Å². The van der Waals surface area contributed by atoms with Gasteiger partial charge in [0.05, 0.1) is 24.5 Å². The third-order valence-corrected chi connectivity index (χ3v) is 5.15. The molecule has 6 heteroatoms. The zero-order valence-electron chi connectivity index (χ0n) is 11.2. The fourth-order valence-corrected chi connectivity index (χ4v) is 3.88. The van der Waals surface area contributed by atoms with Gasteiger partial charge in [-0.3, -0.25) is 4.79 Å². The van der Waals surface area contributed by atoms with Crippen molar-refractivity contribution in [1.29, 1.82) is 0 Å². The lowest BCUT2D eigenvalue weighted by molar-refractivity contribution is -0.144. The average Bonchev–Trinajstić information content (AvgIpc) is 2.80. The number of rotatable bonds is 7. The normalized spacial score (nSPS) is 18.8. The van der Waals surface area contributed by atoms with Crippen molar-refractivity contribution in [3.8, 4) is 0 Å². The lowest BCUT2D eigenvalue weighted by Crippen LogP contribution is -2.27. The number of carbonyl (C=O) groups excluding carboxylic acids is 1. The van der Waals surface area contributed by atoms with E-state index in [0.717, 1.165) is 19.6 Å². The van der Waals surface area contributed by atoms with E-state index < -0.39 is 21.7 Å². The van der Waals surface area contributed by atoms with E-state index in [2.05, 4.69) is 9.64 Å². The number of methoxy groups -OCH3 is 1. The van der Waals surface area contributed by atoms with Crippen LogP contribution in [0.2, 0.25) is 0 Å². The minimum atomic E-state index is -3.16. The second kappa shape index (κ2) is 7.09. The van der Waals surface area contributed by atoms with Gasteiger partial charge in [0, 0.05) is 0 Å². The summed E-state index contributed by atoms with van der Waals surface area (Å²) in [7, 11) is -1.88. The first-order chi connectivity index (χ1) is 8.44. The lowest BCUT2D eigenvalue weighted by Gasteiger charge is -2.14. The van der Waals surface area contributed by atoms with E-state index in [4.69, 9.17) is 0 Å². The van der Waals surface area contributed by atoms with Crippen molar-refractivity contribution in [2.45, 2.75) is 26.2 Å². The molecule has 0 saturated carbocycles. The summed E-state index contributed by atoms with van der Waals surface area (Å²) in [5.41, 5.74) is 0. The van der Waals surface area contributed by atoms with E-state index >= 15 is 0 Å². The molecular weight excluding hydrogens is 254 g/mol. The Morgan fingerprint density at radius 2 is 1.94 bits per heavy atom. The van der Waals surface area contributed by atoms with Gasteiger partial charge < -0.3 is 9.64 Å². The van der Waals surface area contributed by atoms with Crippen LogP contribution in [0.5, 0.6) is 0 Å². The highest BCUT2D eigenvalue weighted by Gasteiger charge is 2.22. The van der Waals surface area contributed by atoms with Gasteiger partial charge in [-0.05, 0) is 38.9 Å². The SMILES string of the molecule is COC(=O)C(C)CS(=O)(=O)CCCN1CCCC1. The standard InChI is InChI=1S/C12H23NO4S/c1-11(12(14)17-2)10-18(15,16)9-5-8-13-6-3-4-7-13/h11H,3-10H2,1-2H3. The molecule has 0 aromatic carbocycles. The van der Waals surface area contributed by atoms with Crippen LogP contribution in [0.3, 0.4) is 0 Å². The fraction of sp³-hybridized carbons (Fsp3) is 0.917. The van der Waals surface area contributed by atoms with Gasteiger partial charge in [-0.15, -0.1) is 0 Å². The first kappa shape index (κ1) is 15.4. The zero-order valence-corrected chi connectivity index (χ0v) is 12.0. The monoisotopic (exact) mass is 277 g/mol. The van der Waals surface area contributed by atoms with Crippen molar-refractivity contribution in [2.24, 2.45) is 5.92 Å². The Kier molecular flexibility index (Phi) is 6.08. The Morgan fingerprint density at radius 3 is 2.50 bits per heavy atom. The third-order valence-electron chi connectivity index (χ3n) is 3.24. The minimum absolute atomic E-state index is 0.111. The Bertz CT molecular complexity index is 360. The molecule has 0 aromatic rings. The van der Waals surface area contributed by atoms with Crippen molar-refractivity contribution >= 4 is 15.8 Å². The summed E-state index contributed by atoms with van der Waals surface area (Å²) >= 11 is 0. The van der Waals surface area contributed by atoms with Crippen LogP contribution in [0.1, 0.15) is 26.2 Å². The van der Waals surface area contributed by atoms with Gasteiger partial charge >= 0.3 is 5.97 Å². The van der Waals surface area contributed by atoms with E-state index in [1.54, 1.807) is 6.92 Å². The Hall–Kier alpha value is -0.620. The number of hydrogen-bond acceptors (Lipinski definition) is 5. The highest BCUT2D eigenvalue weighted by Crippen LogP contribution is 2.09. The molecule has 1 heterocycles. The summed E-state index contributed by atoms with van der Waals surface area (Å²) in [6, 6.07) is 0. The van der Waals surface area contributed by atoms with Gasteiger partial charge in [0.25, 0.3) is 0 Å². The van der Waals surface area contributed by atoms with Crippen LogP contribution in [-0.4, -0.2) is 57.5 Å². The predicted octanol–water partition coefficient (Wildman–Crippen LogP) is 0.696. The van der Waals surface area contributed by atoms with Crippen molar-refractivity contribution in [1.82, 2.24) is 4.90 Å². The number of ether oxygens (including phenoxy) is 1. The van der Waals surface area contributed by atoms with E-state index in [1.165, 1.54) is 20.0 Å². The largest absolute Gasteiger partial charge is 0.469 e. The average molecular weight is 277 g/mol. The van der Waals surface area contributed by atoms with Crippen molar-refractivity contribution < 1.29 is 17.9 Å². The topological polar surface area (TPSA) is 63.7 Å². The van der Waals surface area contributed by atoms with E-state index in [9.17, 15) is 13.2 Å². The maximum Gasteiger partial charge on any atom is 0.309 e. The van der Waals surface area contributed by atoms with Gasteiger partial charge in [-0.25, -0.2) is 8.42 Å². The predicted molar refractivity (Wildman–Crippen MR) is 70.1 cm³/mol. The van der Waals surface area contributed by atoms with Gasteiger partial charge in [-0.1, -0.05) is 6.92 Å². The maximum absolute atomic E-state index is 11.8. The van der Waals surface area contributed by atoms with Gasteiger partial charge in [0.1, 0.15) is 0 Å². The van der Waals surface area contributed by atoms with Crippen LogP contribution in [0.4, 0.5) is 0 Å². The first-order valence-corrected chi connectivity index (χ1v) is 8.27. The second-order valence-electron chi connectivity index (χ2n) is 4.94. The molecule has 1 aliphatic rings. The summed E-state index contributed by atoms with van der Waals surface area (Å²) in [5, 5.41) is 0. The summed E-state index contributed by atoms with van der Waals surface area (Å²) in [6.45, 7) is 4.59. The lowest BCUT2D eigenvalue weighted by atomic mass is 10.2. The van der Waals surface area contributed by atoms with Crippen LogP contribution < -0.4 is 0 Å². The Balaban J connectivity index is 2.28. The highest BCUT2D eigenvalue weighted by molar-refractivity contribution is 7.91. The molecule has 0 aromatic heterocycles. The molecule has 0 N–H and O–H groups in total. The van der Waals surface area contributed by atoms with Gasteiger partial charge in [0.2, 0.25) is 0 Å². The second-order valence-corrected chi connectivity index (χ2v) is 7.17. The molecule has 5 nitrogen and oxygen atoms in total. The molecule has 1 unspecified atom stereocenters. The van der Waals surface area contributed by atoms with Crippen LogP contribution in [-0.2, 0) is 19.4 Å². The summed E-state index contributed by atoms with van der Waals surface area (Å²) < 4.78 is 28.1. The van der Waals surface area contributed by atoms with Crippen molar-refractivity contribution in [2.75, 3.05) is 38.2 Å². The zero-order chi connectivity index (χ0) is 13.6. The highest BCUT2D eigenvalue weighted by atomic mass is 32.2. The molecule has 0 bridgehead atoms. The number of likely N-dealkylation sites (tertiary alicyclic amines) is 1. The summed E-state index contributed by atoms with van der Waals surface area (Å²) in [5.74, 6) is -0.991. The van der Waals surface area contributed by atoms with Gasteiger partial charge in [0.15, 0.2) is 9.84 Å². The molecule has 0 amide bonds. The number of nitrogens with zero attached hydrogens (tertiary/aromatic N) is 1. The molecule has 106 valence electrons. The molecule has 1 atom stereocenters. The van der Waals surface area contributed by atoms with Crippen LogP contribution in [0, 0.1) is 5.92 Å². The number of carbonyl (C=O) groups is 1. The number of sulfone groups is 1. The first-order valence-electron chi connectivity index (χ1n) is 6.45. The van der Waals surface area contributed by atoms with E-state index in [-0.39, 0.29) is 11.5 Å². The molecular formula is C12H23NO4S. The molecule has 0 aliphatic carbocycles. The summed E-state index contributed by atoms with van der Waals surface area (Å²) in [6.07, 6.45) is 3.08. The smallest absolute Gasteiger partial charge is 0.309 e. The third kappa shape index (κ3) is 5.35. The van der Waals surface area contributed by atoms with E-state index in [1.807, 2.05) is 0 Å². The number of hydrogen-bond donors (Lipinski definition) is 0. The fourth-order valence-electron chi connectivity index (χ4n) is 2.25. The molecule has 1 saturated heterocycles. The quantitative estimate of drug-likeness (QED) is 0.641. The van der Waals surface area contributed by atoms with Crippen LogP contribution in [0.15, 0.2) is 0 Å². The summed E-state index contributed by atoms with van der Waals surface area (Å²) in [4.78, 5) is 13.5. The molecule has 18 heavy (non-hydrogen) atoms. The Morgan fingerprint density at radius 1 is 1.33 bits per heavy atom. The Labute approximate surface area is 109 Å². The maximum atomic E-state index is 11.8.